The van der Waals surface area contributed by atoms with Gasteiger partial charge in [-0.1, -0.05) is 35.6 Å². The third-order valence-corrected chi connectivity index (χ3v) is 12.7. The molecule has 0 aromatic heterocycles. The van der Waals surface area contributed by atoms with Gasteiger partial charge in [-0.3, -0.25) is 0 Å². The zero-order valence-corrected chi connectivity index (χ0v) is 25.8. The van der Waals surface area contributed by atoms with Crippen LogP contribution in [0.25, 0.3) is 5.32 Å². The van der Waals surface area contributed by atoms with Crippen molar-refractivity contribution in [3.63, 3.8) is 0 Å². The van der Waals surface area contributed by atoms with Crippen molar-refractivity contribution in [2.45, 2.75) is 91.9 Å². The summed E-state index contributed by atoms with van der Waals surface area (Å²) in [5.74, 6) is 0. The summed E-state index contributed by atoms with van der Waals surface area (Å²) in [4.78, 5) is 0. The van der Waals surface area contributed by atoms with Crippen LogP contribution in [0.15, 0.2) is 36.4 Å². The van der Waals surface area contributed by atoms with Crippen LogP contribution >= 0.6 is 15.8 Å². The number of hydrogen-bond donors (Lipinski definition) is 0. The molecule has 0 amide bonds. The van der Waals surface area contributed by atoms with Crippen molar-refractivity contribution in [3.05, 3.63) is 52.8 Å². The van der Waals surface area contributed by atoms with E-state index in [1.165, 1.54) is 33.1 Å². The van der Waals surface area contributed by atoms with Crippen molar-refractivity contribution >= 4 is 37.8 Å². The van der Waals surface area contributed by atoms with Crippen molar-refractivity contribution in [3.8, 4) is 0 Å². The van der Waals surface area contributed by atoms with E-state index >= 15 is 0 Å². The number of rotatable bonds is 8. The van der Waals surface area contributed by atoms with Crippen molar-refractivity contribution in [1.82, 2.24) is 0 Å². The summed E-state index contributed by atoms with van der Waals surface area (Å²) in [6.45, 7) is 23.5. The minimum atomic E-state index is -0.685. The van der Waals surface area contributed by atoms with Crippen LogP contribution in [0.2, 0.25) is 0 Å². The summed E-state index contributed by atoms with van der Waals surface area (Å²) in [7, 11) is -1.37. The van der Waals surface area contributed by atoms with E-state index in [0.29, 0.717) is 22.6 Å². The minimum absolute atomic E-state index is 0. The number of aryl methyl sites for hydroxylation is 2. The van der Waals surface area contributed by atoms with Gasteiger partial charge in [0.25, 0.3) is 0 Å². The average molecular weight is 651 g/mol. The van der Waals surface area contributed by atoms with Gasteiger partial charge in [-0.15, -0.1) is 0 Å². The van der Waals surface area contributed by atoms with Crippen molar-refractivity contribution in [1.29, 1.82) is 10.8 Å². The van der Waals surface area contributed by atoms with Crippen LogP contribution in [-0.4, -0.2) is 22.6 Å². The summed E-state index contributed by atoms with van der Waals surface area (Å²) in [6, 6.07) is 13.8. The molecule has 0 saturated carbocycles. The van der Waals surface area contributed by atoms with Crippen molar-refractivity contribution in [2.75, 3.05) is 0 Å². The Kier molecular flexibility index (Phi) is 14.1. The van der Waals surface area contributed by atoms with E-state index in [4.69, 9.17) is 16.1 Å². The molecule has 0 bridgehead atoms. The summed E-state index contributed by atoms with van der Waals surface area (Å²) >= 11 is 0. The largest absolute Gasteiger partial charge is 0.651 e. The van der Waals surface area contributed by atoms with E-state index in [-0.39, 0.29) is 20.1 Å². The molecule has 2 aromatic rings. The first-order chi connectivity index (χ1) is 14.5. The summed E-state index contributed by atoms with van der Waals surface area (Å²) in [6.07, 6.45) is 0. The summed E-state index contributed by atoms with van der Waals surface area (Å²) in [5.41, 5.74) is 7.87. The van der Waals surface area contributed by atoms with Gasteiger partial charge in [0.1, 0.15) is 0 Å². The smallest absolute Gasteiger partial charge is 0.0777 e. The fraction of sp³-hybridized carbons (Fsp3) is 0.538. The molecule has 0 atom stereocenters. The van der Waals surface area contributed by atoms with Crippen LogP contribution in [0.3, 0.4) is 0 Å². The molecular weight excluding hydrogens is 608 g/mol. The molecule has 0 fully saturated rings. The third-order valence-electron chi connectivity index (χ3n) is 5.66. The van der Waals surface area contributed by atoms with Crippen LogP contribution < -0.4 is 10.6 Å². The first kappa shape index (κ1) is 31.2. The average Bonchev–Trinajstić information content (AvgIpc) is 2.66. The monoisotopic (exact) mass is 651 g/mol. The standard InChI is InChI=1S/C26H40NP2.Ir.N2/c1-17(2)28(18(3)4)25-15-21(9)11-13-23(25)27-24-14-12-22(10)16-26(24)29(19(5)6)20(7)8;;1-2/h11-20H,1-10H3;;/q-1;;/p+2. The van der Waals surface area contributed by atoms with Crippen molar-refractivity contribution in [2.24, 2.45) is 0 Å². The van der Waals surface area contributed by atoms with E-state index in [2.05, 4.69) is 106 Å². The topological polar surface area (TPSA) is 61.7 Å². The Hall–Kier alpha value is -0.831. The molecule has 0 heterocycles. The molecule has 0 aliphatic heterocycles. The maximum atomic E-state index is 6.00. The van der Waals surface area contributed by atoms with Crippen LogP contribution in [0, 0.1) is 24.6 Å². The normalized spacial score (nSPS) is 11.2. The molecule has 0 unspecified atom stereocenters. The van der Waals surface area contributed by atoms with Gasteiger partial charge < -0.3 is 5.32 Å². The maximum absolute atomic E-state index is 6.00. The molecule has 3 nitrogen and oxygen atoms in total. The minimum Gasteiger partial charge on any atom is -0.651 e. The molecule has 0 N–H and O–H groups in total. The second-order valence-electron chi connectivity index (χ2n) is 9.68. The second-order valence-corrected chi connectivity index (χ2v) is 17.2. The Morgan fingerprint density at radius 3 is 1.12 bits per heavy atom. The van der Waals surface area contributed by atoms with Gasteiger partial charge >= 0.3 is 0 Å². The predicted octanol–water partition coefficient (Wildman–Crippen LogP) is 7.98. The van der Waals surface area contributed by atoms with E-state index < -0.39 is 15.8 Å². The Labute approximate surface area is 212 Å². The van der Waals surface area contributed by atoms with Crippen molar-refractivity contribution < 1.29 is 20.1 Å². The zero-order chi connectivity index (χ0) is 23.9. The van der Waals surface area contributed by atoms with Crippen LogP contribution in [0.1, 0.15) is 66.5 Å². The van der Waals surface area contributed by atoms with Crippen LogP contribution in [-0.2, 0) is 20.1 Å². The number of benzene rings is 2. The quantitative estimate of drug-likeness (QED) is 0.215. The van der Waals surface area contributed by atoms with Gasteiger partial charge in [0, 0.05) is 46.7 Å². The van der Waals surface area contributed by atoms with Gasteiger partial charge in [0.2, 0.25) is 0 Å². The second kappa shape index (κ2) is 14.4. The van der Waals surface area contributed by atoms with E-state index in [0.717, 1.165) is 0 Å². The SMILES string of the molecule is Cc1ccc([N-]c2ccc(C)cc2[PH+](C(C)C)C(C)C)c([PH+](C(C)C)C(C)C)c1.N#N.[Ir]. The van der Waals surface area contributed by atoms with Gasteiger partial charge in [-0.2, -0.15) is 0 Å². The Bertz CT molecular complexity index is 780. The molecule has 179 valence electrons. The molecule has 2 rings (SSSR count). The molecule has 2 aromatic carbocycles. The zero-order valence-electron chi connectivity index (χ0n) is 21.4. The van der Waals surface area contributed by atoms with Crippen LogP contribution in [0.4, 0.5) is 11.4 Å². The van der Waals surface area contributed by atoms with Gasteiger partial charge in [-0.25, -0.2) is 0 Å². The molecule has 32 heavy (non-hydrogen) atoms. The Morgan fingerprint density at radius 2 is 0.875 bits per heavy atom. The molecule has 0 aliphatic rings. The summed E-state index contributed by atoms with van der Waals surface area (Å²) in [5, 5.41) is 20.4. The van der Waals surface area contributed by atoms with E-state index in [1.54, 1.807) is 0 Å². The van der Waals surface area contributed by atoms with Gasteiger partial charge in [0.05, 0.1) is 33.2 Å². The van der Waals surface area contributed by atoms with E-state index in [1.807, 2.05) is 0 Å². The predicted molar refractivity (Wildman–Crippen MR) is 145 cm³/mol. The van der Waals surface area contributed by atoms with Crippen LogP contribution in [0.5, 0.6) is 0 Å². The number of nitrogens with zero attached hydrogens (tertiary/aromatic N) is 3. The fourth-order valence-electron chi connectivity index (χ4n) is 4.66. The molecule has 0 aliphatic carbocycles. The fourth-order valence-corrected chi connectivity index (χ4v) is 11.5. The van der Waals surface area contributed by atoms with Gasteiger partial charge in [0.15, 0.2) is 0 Å². The molecule has 6 heteroatoms. The third kappa shape index (κ3) is 8.19. The molecular formula is C26H42IrN3P2+. The first-order valence-electron chi connectivity index (χ1n) is 11.4. The number of hydrogen-bond acceptors (Lipinski definition) is 2. The summed E-state index contributed by atoms with van der Waals surface area (Å²) < 4.78 is 0. The first-order valence-corrected chi connectivity index (χ1v) is 14.7. The van der Waals surface area contributed by atoms with Gasteiger partial charge in [-0.05, 0) is 92.5 Å². The Balaban J connectivity index is 0.00000311. The molecule has 0 saturated heterocycles. The van der Waals surface area contributed by atoms with E-state index in [9.17, 15) is 0 Å². The maximum Gasteiger partial charge on any atom is 0.0777 e. The molecule has 0 spiro atoms. The Morgan fingerprint density at radius 1 is 0.594 bits per heavy atom. The molecule has 1 radical (unpaired) electrons.